The zero-order chi connectivity index (χ0) is 16.7. The molecule has 0 saturated heterocycles. The van der Waals surface area contributed by atoms with Crippen LogP contribution in [0.4, 0.5) is 0 Å². The third kappa shape index (κ3) is 6.24. The van der Waals surface area contributed by atoms with Crippen LogP contribution in [0.2, 0.25) is 5.02 Å². The van der Waals surface area contributed by atoms with Gasteiger partial charge in [0.1, 0.15) is 5.76 Å². The molecular formula is C17H24ClIN4O. The molecule has 0 spiro atoms. The molecule has 0 saturated carbocycles. The van der Waals surface area contributed by atoms with E-state index in [9.17, 15) is 0 Å². The predicted molar refractivity (Wildman–Crippen MR) is 110 cm³/mol. The van der Waals surface area contributed by atoms with E-state index in [4.69, 9.17) is 16.0 Å². The molecule has 0 aliphatic heterocycles. The van der Waals surface area contributed by atoms with E-state index in [1.54, 1.807) is 6.26 Å². The second-order valence-corrected chi connectivity index (χ2v) is 5.76. The number of furan rings is 1. The van der Waals surface area contributed by atoms with Gasteiger partial charge < -0.3 is 19.2 Å². The van der Waals surface area contributed by atoms with Gasteiger partial charge in [0.25, 0.3) is 0 Å². The molecule has 0 bridgehead atoms. The van der Waals surface area contributed by atoms with Crippen molar-refractivity contribution < 1.29 is 4.42 Å². The molecule has 2 aromatic rings. The standard InChI is InChI=1S/C17H23ClN4O.HI/c1-4-8-19-17(20-9-7-16-6-5-10-23-16)22(3)13-15-11-14(18)12-21(15)2;/h4-6,10-12H,1,7-9,13H2,2-3H3,(H,19,20);1H. The fourth-order valence-corrected chi connectivity index (χ4v) is 2.52. The molecule has 1 N–H and O–H groups in total. The Labute approximate surface area is 165 Å². The highest BCUT2D eigenvalue weighted by Gasteiger charge is 2.09. The Hall–Kier alpha value is -1.41. The Morgan fingerprint density at radius 2 is 2.33 bits per heavy atom. The van der Waals surface area contributed by atoms with Crippen LogP contribution in [-0.2, 0) is 20.0 Å². The van der Waals surface area contributed by atoms with Crippen LogP contribution in [0.3, 0.4) is 0 Å². The lowest BCUT2D eigenvalue weighted by Crippen LogP contribution is -2.39. The third-order valence-electron chi connectivity index (χ3n) is 3.44. The lowest BCUT2D eigenvalue weighted by Gasteiger charge is -2.22. The highest BCUT2D eigenvalue weighted by molar-refractivity contribution is 14.0. The van der Waals surface area contributed by atoms with E-state index in [2.05, 4.69) is 21.8 Å². The van der Waals surface area contributed by atoms with E-state index in [1.165, 1.54) is 0 Å². The second kappa shape index (κ2) is 10.5. The number of nitrogens with one attached hydrogen (secondary N) is 1. The molecule has 2 heterocycles. The van der Waals surface area contributed by atoms with Crippen molar-refractivity contribution in [1.29, 1.82) is 0 Å². The Morgan fingerprint density at radius 3 is 2.92 bits per heavy atom. The first-order valence-corrected chi connectivity index (χ1v) is 7.91. The Morgan fingerprint density at radius 1 is 1.54 bits per heavy atom. The minimum Gasteiger partial charge on any atom is -0.469 e. The van der Waals surface area contributed by atoms with Gasteiger partial charge in [-0.25, -0.2) is 0 Å². The maximum atomic E-state index is 6.04. The van der Waals surface area contributed by atoms with Crippen molar-refractivity contribution in [3.8, 4) is 0 Å². The topological polar surface area (TPSA) is 45.7 Å². The maximum Gasteiger partial charge on any atom is 0.194 e. The van der Waals surface area contributed by atoms with Crippen molar-refractivity contribution in [2.75, 3.05) is 20.1 Å². The molecule has 0 aromatic carbocycles. The molecule has 24 heavy (non-hydrogen) atoms. The van der Waals surface area contributed by atoms with Crippen LogP contribution in [-0.4, -0.2) is 35.6 Å². The third-order valence-corrected chi connectivity index (χ3v) is 3.65. The van der Waals surface area contributed by atoms with Crippen molar-refractivity contribution in [3.63, 3.8) is 0 Å². The van der Waals surface area contributed by atoms with Crippen molar-refractivity contribution in [1.82, 2.24) is 14.8 Å². The van der Waals surface area contributed by atoms with E-state index in [1.807, 2.05) is 49.1 Å². The number of halogens is 2. The summed E-state index contributed by atoms with van der Waals surface area (Å²) < 4.78 is 7.35. The summed E-state index contributed by atoms with van der Waals surface area (Å²) in [5.74, 6) is 1.77. The molecule has 2 aromatic heterocycles. The Kier molecular flexibility index (Phi) is 8.99. The average Bonchev–Trinajstić information content (AvgIpc) is 3.12. The minimum absolute atomic E-state index is 0. The number of guanidine groups is 1. The van der Waals surface area contributed by atoms with Gasteiger partial charge in [-0.05, 0) is 18.2 Å². The number of nitrogens with zero attached hydrogens (tertiary/aromatic N) is 3. The van der Waals surface area contributed by atoms with Crippen LogP contribution >= 0.6 is 35.6 Å². The fourth-order valence-electron chi connectivity index (χ4n) is 2.24. The van der Waals surface area contributed by atoms with Crippen molar-refractivity contribution in [2.45, 2.75) is 13.0 Å². The molecular weight excluding hydrogens is 439 g/mol. The van der Waals surface area contributed by atoms with Gasteiger partial charge in [0.05, 0.1) is 17.8 Å². The van der Waals surface area contributed by atoms with Crippen molar-refractivity contribution >= 4 is 41.5 Å². The number of aliphatic imine (C=N–C) groups is 1. The quantitative estimate of drug-likeness (QED) is 0.295. The van der Waals surface area contributed by atoms with Gasteiger partial charge in [-0.1, -0.05) is 17.7 Å². The molecule has 0 aliphatic carbocycles. The Bertz CT molecular complexity index is 652. The summed E-state index contributed by atoms with van der Waals surface area (Å²) >= 11 is 6.04. The van der Waals surface area contributed by atoms with E-state index in [0.717, 1.165) is 28.9 Å². The normalized spacial score (nSPS) is 11.0. The number of aryl methyl sites for hydroxylation is 1. The first-order chi connectivity index (χ1) is 11.1. The van der Waals surface area contributed by atoms with E-state index < -0.39 is 0 Å². The number of rotatable bonds is 7. The summed E-state index contributed by atoms with van der Waals surface area (Å²) in [6.45, 7) is 5.78. The van der Waals surface area contributed by atoms with Crippen LogP contribution in [0, 0.1) is 0 Å². The molecule has 2 rings (SSSR count). The summed E-state index contributed by atoms with van der Waals surface area (Å²) in [6, 6.07) is 5.81. The summed E-state index contributed by atoms with van der Waals surface area (Å²) in [7, 11) is 3.99. The predicted octanol–water partition coefficient (Wildman–Crippen LogP) is 3.70. The Balaban J connectivity index is 0.00000288. The van der Waals surface area contributed by atoms with Crippen molar-refractivity contribution in [3.05, 3.63) is 59.8 Å². The maximum absolute atomic E-state index is 6.04. The molecule has 0 fully saturated rings. The van der Waals surface area contributed by atoms with Gasteiger partial charge in [0.15, 0.2) is 5.96 Å². The van der Waals surface area contributed by atoms with Crippen LogP contribution < -0.4 is 5.32 Å². The van der Waals surface area contributed by atoms with E-state index in [0.29, 0.717) is 19.6 Å². The highest BCUT2D eigenvalue weighted by Crippen LogP contribution is 2.14. The highest BCUT2D eigenvalue weighted by atomic mass is 127. The number of hydrogen-bond acceptors (Lipinski definition) is 2. The fraction of sp³-hybridized carbons (Fsp3) is 0.353. The zero-order valence-corrected chi connectivity index (χ0v) is 17.1. The molecule has 0 radical (unpaired) electrons. The van der Waals surface area contributed by atoms with E-state index >= 15 is 0 Å². The summed E-state index contributed by atoms with van der Waals surface area (Å²) in [5.41, 5.74) is 1.12. The summed E-state index contributed by atoms with van der Waals surface area (Å²) in [4.78, 5) is 6.72. The van der Waals surface area contributed by atoms with Crippen LogP contribution in [0.25, 0.3) is 0 Å². The van der Waals surface area contributed by atoms with Gasteiger partial charge in [-0.2, -0.15) is 0 Å². The molecule has 7 heteroatoms. The SMILES string of the molecule is C=CCNC(=NCCc1ccco1)N(C)Cc1cc(Cl)cn1C.I. The first kappa shape index (κ1) is 20.6. The van der Waals surface area contributed by atoms with Gasteiger partial charge in [0.2, 0.25) is 0 Å². The molecule has 0 unspecified atom stereocenters. The van der Waals surface area contributed by atoms with Crippen molar-refractivity contribution in [2.24, 2.45) is 12.0 Å². The molecule has 0 aliphatic rings. The largest absolute Gasteiger partial charge is 0.469 e. The first-order valence-electron chi connectivity index (χ1n) is 7.53. The number of aromatic nitrogens is 1. The lowest BCUT2D eigenvalue weighted by atomic mass is 10.3. The zero-order valence-electron chi connectivity index (χ0n) is 14.0. The minimum atomic E-state index is 0. The molecule has 5 nitrogen and oxygen atoms in total. The van der Waals surface area contributed by atoms with Gasteiger partial charge >= 0.3 is 0 Å². The molecule has 0 amide bonds. The van der Waals surface area contributed by atoms with Gasteiger partial charge in [-0.3, -0.25) is 4.99 Å². The molecule has 132 valence electrons. The second-order valence-electron chi connectivity index (χ2n) is 5.32. The molecule has 0 atom stereocenters. The monoisotopic (exact) mass is 462 g/mol. The van der Waals surface area contributed by atoms with Crippen LogP contribution in [0.1, 0.15) is 11.5 Å². The smallest absolute Gasteiger partial charge is 0.194 e. The summed E-state index contributed by atoms with van der Waals surface area (Å²) in [5, 5.41) is 4.02. The van der Waals surface area contributed by atoms with Gasteiger partial charge in [-0.15, -0.1) is 30.6 Å². The van der Waals surface area contributed by atoms with Crippen LogP contribution in [0.15, 0.2) is 52.7 Å². The van der Waals surface area contributed by atoms with Crippen LogP contribution in [0.5, 0.6) is 0 Å². The van der Waals surface area contributed by atoms with E-state index in [-0.39, 0.29) is 24.0 Å². The lowest BCUT2D eigenvalue weighted by molar-refractivity contribution is 0.461. The summed E-state index contributed by atoms with van der Waals surface area (Å²) in [6.07, 6.45) is 6.17. The van der Waals surface area contributed by atoms with Gasteiger partial charge in [0, 0.05) is 45.5 Å². The average molecular weight is 463 g/mol. The number of hydrogen-bond donors (Lipinski definition) is 1.